The minimum absolute atomic E-state index is 0.0225. The van der Waals surface area contributed by atoms with Gasteiger partial charge in [-0.1, -0.05) is 26.0 Å². The summed E-state index contributed by atoms with van der Waals surface area (Å²) in [6, 6.07) is 10.5. The molecule has 1 fully saturated rings. The largest absolute Gasteiger partial charge is 0.490 e. The summed E-state index contributed by atoms with van der Waals surface area (Å²) in [5, 5.41) is 3.14. The summed E-state index contributed by atoms with van der Waals surface area (Å²) in [6.45, 7) is 5.56. The summed E-state index contributed by atoms with van der Waals surface area (Å²) in [5.74, 6) is -2.32. The fraction of sp³-hybridized carbons (Fsp3) is 0.458. The second kappa shape index (κ2) is 11.1. The number of nitrogens with one attached hydrogen (secondary N) is 1. The van der Waals surface area contributed by atoms with Gasteiger partial charge in [0.2, 0.25) is 11.7 Å². The Bertz CT molecular complexity index is 918. The van der Waals surface area contributed by atoms with Crippen molar-refractivity contribution in [3.63, 3.8) is 0 Å². The van der Waals surface area contributed by atoms with E-state index in [2.05, 4.69) is 9.62 Å². The van der Waals surface area contributed by atoms with Gasteiger partial charge in [-0.2, -0.15) is 4.39 Å². The smallest absolute Gasteiger partial charge is 0.225 e. The summed E-state index contributed by atoms with van der Waals surface area (Å²) in [4.78, 5) is 13.7. The number of benzene rings is 2. The number of amides is 1. The average molecular weight is 467 g/mol. The van der Waals surface area contributed by atoms with Gasteiger partial charge in [0.25, 0.3) is 0 Å². The van der Waals surface area contributed by atoms with Crippen molar-refractivity contribution >= 4 is 17.9 Å². The summed E-state index contributed by atoms with van der Waals surface area (Å²) >= 11 is 1.54. The second-order valence-electron chi connectivity index (χ2n) is 8.61. The summed E-state index contributed by atoms with van der Waals surface area (Å²) in [6.07, 6.45) is 2.75. The number of nitrogens with zero attached hydrogens (tertiary/aromatic N) is 1. The van der Waals surface area contributed by atoms with Gasteiger partial charge in [-0.25, -0.2) is 13.1 Å². The Hall–Kier alpha value is -2.19. The standard InChI is InChI=1S/C24H29F3N2O2S/c1-24(2,12-5-15-31-21-9-4-8-20(26)22(21)27)23(30)28-18-10-13-29(14-11-18)32-19-7-3-6-17(25)16-19/h3-4,6-9,16,18H,5,10-15H2,1-2H3,(H,28,30). The molecule has 4 nitrogen and oxygen atoms in total. The van der Waals surface area contributed by atoms with Gasteiger partial charge >= 0.3 is 0 Å². The monoisotopic (exact) mass is 466 g/mol. The molecule has 1 amide bonds. The minimum Gasteiger partial charge on any atom is -0.490 e. The highest BCUT2D eigenvalue weighted by molar-refractivity contribution is 7.97. The van der Waals surface area contributed by atoms with Gasteiger partial charge in [-0.15, -0.1) is 0 Å². The molecule has 0 bridgehead atoms. The molecule has 2 aromatic rings. The first-order valence-electron chi connectivity index (χ1n) is 10.8. The number of carbonyl (C=O) groups is 1. The molecule has 32 heavy (non-hydrogen) atoms. The molecule has 0 aromatic heterocycles. The topological polar surface area (TPSA) is 41.6 Å². The number of hydrogen-bond acceptors (Lipinski definition) is 4. The molecule has 0 saturated carbocycles. The molecule has 2 aromatic carbocycles. The number of carbonyl (C=O) groups excluding carboxylic acids is 1. The maximum absolute atomic E-state index is 13.6. The molecule has 8 heteroatoms. The fourth-order valence-electron chi connectivity index (χ4n) is 3.55. The van der Waals surface area contributed by atoms with Crippen LogP contribution in [0.2, 0.25) is 0 Å². The molecule has 1 N–H and O–H groups in total. The first-order valence-corrected chi connectivity index (χ1v) is 11.6. The third-order valence-corrected chi connectivity index (χ3v) is 6.64. The predicted octanol–water partition coefficient (Wildman–Crippen LogP) is 5.58. The van der Waals surface area contributed by atoms with Crippen molar-refractivity contribution in [1.82, 2.24) is 9.62 Å². The van der Waals surface area contributed by atoms with Crippen LogP contribution in [0.3, 0.4) is 0 Å². The lowest BCUT2D eigenvalue weighted by atomic mass is 9.86. The Morgan fingerprint density at radius 2 is 1.88 bits per heavy atom. The molecule has 1 aliphatic rings. The zero-order valence-electron chi connectivity index (χ0n) is 18.4. The van der Waals surface area contributed by atoms with E-state index < -0.39 is 17.0 Å². The highest BCUT2D eigenvalue weighted by Crippen LogP contribution is 2.28. The van der Waals surface area contributed by atoms with E-state index in [1.54, 1.807) is 6.07 Å². The Morgan fingerprint density at radius 1 is 1.16 bits per heavy atom. The molecule has 174 valence electrons. The zero-order chi connectivity index (χ0) is 23.1. The van der Waals surface area contributed by atoms with Gasteiger partial charge in [-0.05, 0) is 68.0 Å². The van der Waals surface area contributed by atoms with Crippen molar-refractivity contribution in [3.8, 4) is 5.75 Å². The van der Waals surface area contributed by atoms with E-state index in [9.17, 15) is 18.0 Å². The molecule has 0 unspecified atom stereocenters. The van der Waals surface area contributed by atoms with Crippen molar-refractivity contribution in [2.75, 3.05) is 19.7 Å². The molecule has 0 atom stereocenters. The van der Waals surface area contributed by atoms with E-state index in [0.29, 0.717) is 12.8 Å². The van der Waals surface area contributed by atoms with Crippen LogP contribution in [0.4, 0.5) is 13.2 Å². The van der Waals surface area contributed by atoms with Gasteiger partial charge in [0, 0.05) is 29.4 Å². The number of rotatable bonds is 9. The van der Waals surface area contributed by atoms with Crippen molar-refractivity contribution in [1.29, 1.82) is 0 Å². The Kier molecular flexibility index (Phi) is 8.48. The van der Waals surface area contributed by atoms with E-state index in [4.69, 9.17) is 4.74 Å². The molecule has 0 radical (unpaired) electrons. The van der Waals surface area contributed by atoms with Crippen LogP contribution in [0.1, 0.15) is 39.5 Å². The van der Waals surface area contributed by atoms with Crippen LogP contribution in [0.25, 0.3) is 0 Å². The van der Waals surface area contributed by atoms with Crippen LogP contribution < -0.4 is 10.1 Å². The second-order valence-corrected chi connectivity index (χ2v) is 9.78. The highest BCUT2D eigenvalue weighted by atomic mass is 32.2. The van der Waals surface area contributed by atoms with E-state index in [0.717, 1.165) is 36.9 Å². The lowest BCUT2D eigenvalue weighted by Gasteiger charge is -2.33. The molecule has 3 rings (SSSR count). The Morgan fingerprint density at radius 3 is 2.59 bits per heavy atom. The van der Waals surface area contributed by atoms with Crippen LogP contribution in [-0.2, 0) is 4.79 Å². The minimum atomic E-state index is -0.994. The highest BCUT2D eigenvalue weighted by Gasteiger charge is 2.30. The van der Waals surface area contributed by atoms with Crippen molar-refractivity contribution in [2.24, 2.45) is 5.41 Å². The van der Waals surface area contributed by atoms with E-state index in [1.807, 2.05) is 19.9 Å². The summed E-state index contributed by atoms with van der Waals surface area (Å²) < 4.78 is 47.7. The van der Waals surface area contributed by atoms with Crippen LogP contribution >= 0.6 is 11.9 Å². The van der Waals surface area contributed by atoms with E-state index in [-0.39, 0.29) is 30.1 Å². The Labute approximate surface area is 191 Å². The maximum Gasteiger partial charge on any atom is 0.225 e. The SMILES string of the molecule is CC(C)(CCCOc1cccc(F)c1F)C(=O)NC1CCN(Sc2cccc(F)c2)CC1. The van der Waals surface area contributed by atoms with Crippen molar-refractivity contribution < 1.29 is 22.7 Å². The van der Waals surface area contributed by atoms with Crippen molar-refractivity contribution in [3.05, 3.63) is 59.9 Å². The first kappa shape index (κ1) is 24.5. The molecule has 1 heterocycles. The lowest BCUT2D eigenvalue weighted by molar-refractivity contribution is -0.130. The van der Waals surface area contributed by atoms with Gasteiger partial charge < -0.3 is 10.1 Å². The van der Waals surface area contributed by atoms with Gasteiger partial charge in [-0.3, -0.25) is 4.79 Å². The molecular weight excluding hydrogens is 437 g/mol. The van der Waals surface area contributed by atoms with Crippen LogP contribution in [0, 0.1) is 22.9 Å². The summed E-state index contributed by atoms with van der Waals surface area (Å²) in [5.41, 5.74) is -0.600. The first-order chi connectivity index (χ1) is 15.2. The van der Waals surface area contributed by atoms with Crippen LogP contribution in [0.5, 0.6) is 5.75 Å². The van der Waals surface area contributed by atoms with Crippen molar-refractivity contribution in [2.45, 2.75) is 50.5 Å². The van der Waals surface area contributed by atoms with E-state index >= 15 is 0 Å². The zero-order valence-corrected chi connectivity index (χ0v) is 19.2. The molecule has 1 saturated heterocycles. The number of hydrogen-bond donors (Lipinski definition) is 1. The average Bonchev–Trinajstić information content (AvgIpc) is 2.75. The van der Waals surface area contributed by atoms with Gasteiger partial charge in [0.05, 0.1) is 6.61 Å². The van der Waals surface area contributed by atoms with Gasteiger partial charge in [0.1, 0.15) is 5.82 Å². The molecule has 1 aliphatic heterocycles. The molecular formula is C24H29F3N2O2S. The van der Waals surface area contributed by atoms with Crippen LogP contribution in [0.15, 0.2) is 47.4 Å². The summed E-state index contributed by atoms with van der Waals surface area (Å²) in [7, 11) is 0. The molecule has 0 spiro atoms. The molecule has 0 aliphatic carbocycles. The van der Waals surface area contributed by atoms with Crippen LogP contribution in [-0.4, -0.2) is 36.0 Å². The predicted molar refractivity (Wildman–Crippen MR) is 120 cm³/mol. The maximum atomic E-state index is 13.6. The quantitative estimate of drug-likeness (QED) is 0.387. The number of piperidine rings is 1. The van der Waals surface area contributed by atoms with Gasteiger partial charge in [0.15, 0.2) is 11.6 Å². The third kappa shape index (κ3) is 6.90. The third-order valence-electron chi connectivity index (χ3n) is 5.55. The Balaban J connectivity index is 1.38. The van der Waals surface area contributed by atoms with E-state index in [1.165, 1.54) is 36.2 Å². The number of halogens is 3. The number of ether oxygens (including phenoxy) is 1. The lowest BCUT2D eigenvalue weighted by Crippen LogP contribution is -2.47. The normalized spacial score (nSPS) is 15.5. The fourth-order valence-corrected chi connectivity index (χ4v) is 4.55.